The van der Waals surface area contributed by atoms with Crippen molar-refractivity contribution in [2.75, 3.05) is 11.1 Å². The molecule has 0 unspecified atom stereocenters. The van der Waals surface area contributed by atoms with E-state index in [1.165, 1.54) is 12.1 Å². The average Bonchev–Trinajstić information content (AvgIpc) is 2.31. The van der Waals surface area contributed by atoms with E-state index in [9.17, 15) is 13.2 Å². The van der Waals surface area contributed by atoms with Crippen LogP contribution in [0.2, 0.25) is 5.02 Å². The molecule has 0 bridgehead atoms. The van der Waals surface area contributed by atoms with E-state index in [1.54, 1.807) is 0 Å². The van der Waals surface area contributed by atoms with Crippen LogP contribution in [-0.2, 0) is 0 Å². The SMILES string of the molecule is Nc1cc(Cl)c(F)cc1Nc1ccc(F)c(F)c1. The first-order chi connectivity index (χ1) is 8.47. The molecule has 0 aliphatic rings. The van der Waals surface area contributed by atoms with Crippen LogP contribution in [0.15, 0.2) is 30.3 Å². The molecule has 0 aromatic heterocycles. The quantitative estimate of drug-likeness (QED) is 0.808. The van der Waals surface area contributed by atoms with Crippen molar-refractivity contribution < 1.29 is 13.2 Å². The van der Waals surface area contributed by atoms with Gasteiger partial charge in [0, 0.05) is 17.8 Å². The highest BCUT2D eigenvalue weighted by Gasteiger charge is 2.08. The number of hydrogen-bond acceptors (Lipinski definition) is 2. The van der Waals surface area contributed by atoms with Crippen molar-refractivity contribution in [1.82, 2.24) is 0 Å². The smallest absolute Gasteiger partial charge is 0.160 e. The Morgan fingerprint density at radius 2 is 1.67 bits per heavy atom. The number of nitrogens with one attached hydrogen (secondary N) is 1. The molecule has 0 aliphatic carbocycles. The van der Waals surface area contributed by atoms with Crippen molar-refractivity contribution in [3.05, 3.63) is 52.8 Å². The highest BCUT2D eigenvalue weighted by molar-refractivity contribution is 6.31. The number of hydrogen-bond donors (Lipinski definition) is 2. The number of nitrogen functional groups attached to an aromatic ring is 1. The third-order valence-corrected chi connectivity index (χ3v) is 2.58. The van der Waals surface area contributed by atoms with Gasteiger partial charge >= 0.3 is 0 Å². The lowest BCUT2D eigenvalue weighted by molar-refractivity contribution is 0.509. The van der Waals surface area contributed by atoms with E-state index < -0.39 is 17.5 Å². The largest absolute Gasteiger partial charge is 0.397 e. The summed E-state index contributed by atoms with van der Waals surface area (Å²) in [5, 5.41) is 2.57. The molecule has 0 radical (unpaired) electrons. The molecule has 2 aromatic rings. The summed E-state index contributed by atoms with van der Waals surface area (Å²) in [5.41, 5.74) is 6.30. The van der Waals surface area contributed by atoms with Gasteiger partial charge in [-0.3, -0.25) is 0 Å². The van der Waals surface area contributed by atoms with Crippen LogP contribution >= 0.6 is 11.6 Å². The summed E-state index contributed by atoms with van der Waals surface area (Å²) in [5.74, 6) is -2.63. The first kappa shape index (κ1) is 12.6. The van der Waals surface area contributed by atoms with Crippen LogP contribution in [0.5, 0.6) is 0 Å². The second-order valence-electron chi connectivity index (χ2n) is 3.61. The zero-order chi connectivity index (χ0) is 13.3. The topological polar surface area (TPSA) is 38.0 Å². The first-order valence-corrected chi connectivity index (χ1v) is 5.32. The summed E-state index contributed by atoms with van der Waals surface area (Å²) in [6.07, 6.45) is 0. The molecule has 0 amide bonds. The fraction of sp³-hybridized carbons (Fsp3) is 0. The Kier molecular flexibility index (Phi) is 3.34. The Morgan fingerprint density at radius 3 is 2.33 bits per heavy atom. The zero-order valence-corrected chi connectivity index (χ0v) is 9.73. The van der Waals surface area contributed by atoms with Crippen molar-refractivity contribution in [3.8, 4) is 0 Å². The number of benzene rings is 2. The summed E-state index contributed by atoms with van der Waals surface area (Å²) in [6, 6.07) is 5.53. The second-order valence-corrected chi connectivity index (χ2v) is 4.01. The molecular formula is C12H8ClF3N2. The molecule has 0 fully saturated rings. The maximum Gasteiger partial charge on any atom is 0.160 e. The lowest BCUT2D eigenvalue weighted by Gasteiger charge is -2.10. The van der Waals surface area contributed by atoms with Gasteiger partial charge in [-0.2, -0.15) is 0 Å². The Labute approximate surface area is 106 Å². The van der Waals surface area contributed by atoms with Gasteiger partial charge < -0.3 is 11.1 Å². The number of rotatable bonds is 2. The van der Waals surface area contributed by atoms with Crippen molar-refractivity contribution in [1.29, 1.82) is 0 Å². The predicted molar refractivity (Wildman–Crippen MR) is 65.5 cm³/mol. The Hall–Kier alpha value is -1.88. The molecular weight excluding hydrogens is 265 g/mol. The third kappa shape index (κ3) is 2.51. The Bertz CT molecular complexity index is 602. The van der Waals surface area contributed by atoms with Crippen LogP contribution in [0.25, 0.3) is 0 Å². The van der Waals surface area contributed by atoms with Crippen molar-refractivity contribution in [2.24, 2.45) is 0 Å². The van der Waals surface area contributed by atoms with E-state index >= 15 is 0 Å². The summed E-state index contributed by atoms with van der Waals surface area (Å²) in [6.45, 7) is 0. The van der Waals surface area contributed by atoms with Gasteiger partial charge in [-0.15, -0.1) is 0 Å². The van der Waals surface area contributed by atoms with Crippen molar-refractivity contribution in [3.63, 3.8) is 0 Å². The lowest BCUT2D eigenvalue weighted by Crippen LogP contribution is -1.98. The van der Waals surface area contributed by atoms with Gasteiger partial charge in [0.05, 0.1) is 16.4 Å². The van der Waals surface area contributed by atoms with Gasteiger partial charge in [0.1, 0.15) is 5.82 Å². The van der Waals surface area contributed by atoms with Gasteiger partial charge in [0.15, 0.2) is 11.6 Å². The van der Waals surface area contributed by atoms with Gasteiger partial charge in [-0.05, 0) is 18.2 Å². The monoisotopic (exact) mass is 272 g/mol. The number of nitrogens with two attached hydrogens (primary N) is 1. The van der Waals surface area contributed by atoms with Crippen LogP contribution < -0.4 is 11.1 Å². The molecule has 6 heteroatoms. The number of halogens is 4. The van der Waals surface area contributed by atoms with E-state index in [0.717, 1.165) is 18.2 Å². The van der Waals surface area contributed by atoms with Gasteiger partial charge in [0.2, 0.25) is 0 Å². The molecule has 18 heavy (non-hydrogen) atoms. The fourth-order valence-electron chi connectivity index (χ4n) is 1.40. The molecule has 2 nitrogen and oxygen atoms in total. The molecule has 0 heterocycles. The summed E-state index contributed by atoms with van der Waals surface area (Å²) >= 11 is 5.54. The summed E-state index contributed by atoms with van der Waals surface area (Å²) in [4.78, 5) is 0. The van der Waals surface area contributed by atoms with E-state index in [1.807, 2.05) is 0 Å². The van der Waals surface area contributed by atoms with E-state index in [2.05, 4.69) is 5.32 Å². The normalized spacial score (nSPS) is 10.4. The molecule has 0 aliphatic heterocycles. The minimum atomic E-state index is -1.01. The number of anilines is 3. The lowest BCUT2D eigenvalue weighted by atomic mass is 10.2. The van der Waals surface area contributed by atoms with E-state index in [0.29, 0.717) is 0 Å². The van der Waals surface area contributed by atoms with Gasteiger partial charge in [0.25, 0.3) is 0 Å². The van der Waals surface area contributed by atoms with E-state index in [-0.39, 0.29) is 22.1 Å². The second kappa shape index (κ2) is 4.78. The third-order valence-electron chi connectivity index (χ3n) is 2.29. The van der Waals surface area contributed by atoms with Gasteiger partial charge in [-0.1, -0.05) is 11.6 Å². The minimum Gasteiger partial charge on any atom is -0.397 e. The standard InChI is InChI=1S/C12H8ClF3N2/c13-7-4-11(17)12(5-9(7)15)18-6-1-2-8(14)10(16)3-6/h1-5,18H,17H2. The van der Waals surface area contributed by atoms with Crippen LogP contribution in [0.1, 0.15) is 0 Å². The molecule has 0 spiro atoms. The van der Waals surface area contributed by atoms with Crippen LogP contribution in [0, 0.1) is 17.5 Å². The van der Waals surface area contributed by atoms with Crippen LogP contribution in [0.4, 0.5) is 30.2 Å². The molecule has 2 aromatic carbocycles. The Balaban J connectivity index is 2.34. The predicted octanol–water partition coefficient (Wildman–Crippen LogP) is 4.08. The maximum absolute atomic E-state index is 13.2. The molecule has 0 atom stereocenters. The molecule has 0 saturated carbocycles. The Morgan fingerprint density at radius 1 is 0.944 bits per heavy atom. The average molecular weight is 273 g/mol. The first-order valence-electron chi connectivity index (χ1n) is 4.94. The van der Waals surface area contributed by atoms with Gasteiger partial charge in [-0.25, -0.2) is 13.2 Å². The molecule has 3 N–H and O–H groups in total. The molecule has 94 valence electrons. The highest BCUT2D eigenvalue weighted by Crippen LogP contribution is 2.29. The van der Waals surface area contributed by atoms with E-state index in [4.69, 9.17) is 17.3 Å². The van der Waals surface area contributed by atoms with Crippen LogP contribution in [0.3, 0.4) is 0 Å². The maximum atomic E-state index is 13.2. The molecule has 0 saturated heterocycles. The fourth-order valence-corrected chi connectivity index (χ4v) is 1.57. The summed E-state index contributed by atoms with van der Waals surface area (Å²) in [7, 11) is 0. The summed E-state index contributed by atoms with van der Waals surface area (Å²) < 4.78 is 39.0. The minimum absolute atomic E-state index is 0.108. The van der Waals surface area contributed by atoms with Crippen LogP contribution in [-0.4, -0.2) is 0 Å². The van der Waals surface area contributed by atoms with Crippen molar-refractivity contribution in [2.45, 2.75) is 0 Å². The highest BCUT2D eigenvalue weighted by atomic mass is 35.5. The zero-order valence-electron chi connectivity index (χ0n) is 8.98. The van der Waals surface area contributed by atoms with Crippen molar-refractivity contribution >= 4 is 28.7 Å². The molecule has 2 rings (SSSR count).